The normalized spacial score (nSPS) is 10.5. The number of hydrogen-bond donors (Lipinski definition) is 1. The zero-order valence-electron chi connectivity index (χ0n) is 11.2. The van der Waals surface area contributed by atoms with Crippen molar-refractivity contribution in [2.24, 2.45) is 0 Å². The number of halogens is 1. The molecular weight excluding hydrogens is 241 g/mol. The van der Waals surface area contributed by atoms with Crippen LogP contribution >= 0.6 is 0 Å². The Morgan fingerprint density at radius 2 is 1.95 bits per heavy atom. The van der Waals surface area contributed by atoms with E-state index in [1.807, 2.05) is 32.0 Å². The van der Waals surface area contributed by atoms with Crippen LogP contribution in [0.25, 0.3) is 0 Å². The summed E-state index contributed by atoms with van der Waals surface area (Å²) in [4.78, 5) is 2.07. The van der Waals surface area contributed by atoms with Gasteiger partial charge in [-0.2, -0.15) is 0 Å². The smallest absolute Gasteiger partial charge is 0.123 e. The van der Waals surface area contributed by atoms with E-state index in [0.717, 1.165) is 17.9 Å². The number of hydrogen-bond acceptors (Lipinski definition) is 2. The molecule has 1 N–H and O–H groups in total. The Hall–Kier alpha value is -1.87. The van der Waals surface area contributed by atoms with E-state index in [0.29, 0.717) is 5.56 Å². The third-order valence-corrected chi connectivity index (χ3v) is 3.13. The van der Waals surface area contributed by atoms with E-state index in [-0.39, 0.29) is 12.4 Å². The maximum absolute atomic E-state index is 13.2. The van der Waals surface area contributed by atoms with Gasteiger partial charge in [0.2, 0.25) is 0 Å². The standard InChI is InChI=1S/C16H18FNO/c1-3-18(15-6-4-5-12(2)9-15)16-8-7-14(17)10-13(16)11-19/h4-10,19H,3,11H2,1-2H3. The predicted molar refractivity (Wildman–Crippen MR) is 76.2 cm³/mol. The Balaban J connectivity index is 2.48. The summed E-state index contributed by atoms with van der Waals surface area (Å²) < 4.78 is 13.2. The Morgan fingerprint density at radius 3 is 2.58 bits per heavy atom. The molecule has 0 bridgehead atoms. The van der Waals surface area contributed by atoms with Crippen LogP contribution in [-0.4, -0.2) is 11.7 Å². The van der Waals surface area contributed by atoms with Gasteiger partial charge in [0.25, 0.3) is 0 Å². The van der Waals surface area contributed by atoms with E-state index in [4.69, 9.17) is 0 Å². The molecule has 0 saturated carbocycles. The highest BCUT2D eigenvalue weighted by molar-refractivity contribution is 5.66. The third kappa shape index (κ3) is 2.93. The summed E-state index contributed by atoms with van der Waals surface area (Å²) in [6.45, 7) is 4.65. The van der Waals surface area contributed by atoms with Gasteiger partial charge >= 0.3 is 0 Å². The predicted octanol–water partition coefficient (Wildman–Crippen LogP) is 3.78. The Labute approximate surface area is 113 Å². The van der Waals surface area contributed by atoms with Gasteiger partial charge in [-0.3, -0.25) is 0 Å². The van der Waals surface area contributed by atoms with Crippen molar-refractivity contribution in [1.82, 2.24) is 0 Å². The van der Waals surface area contributed by atoms with Crippen molar-refractivity contribution in [1.29, 1.82) is 0 Å². The van der Waals surface area contributed by atoms with E-state index in [1.54, 1.807) is 6.07 Å². The lowest BCUT2D eigenvalue weighted by Gasteiger charge is -2.26. The van der Waals surface area contributed by atoms with Crippen LogP contribution in [0.4, 0.5) is 15.8 Å². The molecule has 19 heavy (non-hydrogen) atoms. The molecule has 100 valence electrons. The lowest BCUT2D eigenvalue weighted by molar-refractivity contribution is 0.281. The highest BCUT2D eigenvalue weighted by atomic mass is 19.1. The maximum atomic E-state index is 13.2. The van der Waals surface area contributed by atoms with Crippen LogP contribution in [0.3, 0.4) is 0 Å². The highest BCUT2D eigenvalue weighted by Gasteiger charge is 2.12. The molecule has 3 heteroatoms. The second-order valence-corrected chi connectivity index (χ2v) is 4.51. The van der Waals surface area contributed by atoms with Gasteiger partial charge in [-0.05, 0) is 49.7 Å². The molecule has 2 nitrogen and oxygen atoms in total. The van der Waals surface area contributed by atoms with Crippen molar-refractivity contribution in [3.63, 3.8) is 0 Å². The fourth-order valence-corrected chi connectivity index (χ4v) is 2.23. The molecule has 2 aromatic rings. The van der Waals surface area contributed by atoms with Gasteiger partial charge in [0, 0.05) is 23.5 Å². The molecule has 0 aliphatic rings. The SMILES string of the molecule is CCN(c1cccc(C)c1)c1ccc(F)cc1CO. The first-order valence-corrected chi connectivity index (χ1v) is 6.39. The van der Waals surface area contributed by atoms with Gasteiger partial charge < -0.3 is 10.0 Å². The molecule has 0 aromatic heterocycles. The molecule has 0 aliphatic carbocycles. The van der Waals surface area contributed by atoms with Gasteiger partial charge in [-0.1, -0.05) is 12.1 Å². The van der Waals surface area contributed by atoms with Crippen molar-refractivity contribution >= 4 is 11.4 Å². The summed E-state index contributed by atoms with van der Waals surface area (Å²) >= 11 is 0. The molecule has 2 aromatic carbocycles. The summed E-state index contributed by atoms with van der Waals surface area (Å²) in [5, 5.41) is 9.40. The largest absolute Gasteiger partial charge is 0.392 e. The Bertz CT molecular complexity index is 568. The maximum Gasteiger partial charge on any atom is 0.123 e. The zero-order valence-corrected chi connectivity index (χ0v) is 11.2. The van der Waals surface area contributed by atoms with Crippen molar-refractivity contribution in [2.75, 3.05) is 11.4 Å². The molecule has 0 unspecified atom stereocenters. The molecule has 0 heterocycles. The Kier molecular flexibility index (Phi) is 4.17. The van der Waals surface area contributed by atoms with Crippen LogP contribution in [0, 0.1) is 12.7 Å². The molecule has 0 aliphatic heterocycles. The monoisotopic (exact) mass is 259 g/mol. The van der Waals surface area contributed by atoms with Crippen molar-refractivity contribution in [3.05, 3.63) is 59.4 Å². The van der Waals surface area contributed by atoms with Crippen LogP contribution in [0.15, 0.2) is 42.5 Å². The fourth-order valence-electron chi connectivity index (χ4n) is 2.23. The average Bonchev–Trinajstić information content (AvgIpc) is 2.41. The summed E-state index contributed by atoms with van der Waals surface area (Å²) in [6, 6.07) is 12.6. The summed E-state index contributed by atoms with van der Waals surface area (Å²) in [7, 11) is 0. The molecule has 0 atom stereocenters. The van der Waals surface area contributed by atoms with E-state index in [2.05, 4.69) is 11.0 Å². The van der Waals surface area contributed by atoms with Crippen molar-refractivity contribution in [3.8, 4) is 0 Å². The molecule has 0 amide bonds. The second-order valence-electron chi connectivity index (χ2n) is 4.51. The fraction of sp³-hybridized carbons (Fsp3) is 0.250. The minimum absolute atomic E-state index is 0.171. The van der Waals surface area contributed by atoms with Gasteiger partial charge in [-0.15, -0.1) is 0 Å². The van der Waals surface area contributed by atoms with Crippen LogP contribution < -0.4 is 4.90 Å². The van der Waals surface area contributed by atoms with Gasteiger partial charge in [0.05, 0.1) is 6.61 Å². The molecule has 0 fully saturated rings. The Morgan fingerprint density at radius 1 is 1.16 bits per heavy atom. The minimum Gasteiger partial charge on any atom is -0.392 e. The van der Waals surface area contributed by atoms with Gasteiger partial charge in [0.1, 0.15) is 5.82 Å². The first-order chi connectivity index (χ1) is 9.15. The molecule has 0 saturated heterocycles. The van der Waals surface area contributed by atoms with Gasteiger partial charge in [-0.25, -0.2) is 4.39 Å². The molecular formula is C16H18FNO. The zero-order chi connectivity index (χ0) is 13.8. The van der Waals surface area contributed by atoms with Crippen LogP contribution in [0.2, 0.25) is 0 Å². The number of aliphatic hydroxyl groups excluding tert-OH is 1. The summed E-state index contributed by atoms with van der Waals surface area (Å²) in [5.74, 6) is -0.326. The van der Waals surface area contributed by atoms with Crippen molar-refractivity contribution in [2.45, 2.75) is 20.5 Å². The topological polar surface area (TPSA) is 23.5 Å². The lowest BCUT2D eigenvalue weighted by atomic mass is 10.1. The number of aliphatic hydroxyl groups is 1. The minimum atomic E-state index is -0.326. The number of nitrogens with zero attached hydrogens (tertiary/aromatic N) is 1. The van der Waals surface area contributed by atoms with Crippen LogP contribution in [0.5, 0.6) is 0 Å². The first-order valence-electron chi connectivity index (χ1n) is 6.39. The number of aryl methyl sites for hydroxylation is 1. The molecule has 0 spiro atoms. The van der Waals surface area contributed by atoms with E-state index in [1.165, 1.54) is 17.7 Å². The average molecular weight is 259 g/mol. The number of rotatable bonds is 4. The quantitative estimate of drug-likeness (QED) is 0.903. The van der Waals surface area contributed by atoms with Gasteiger partial charge in [0.15, 0.2) is 0 Å². The summed E-state index contributed by atoms with van der Waals surface area (Å²) in [5.41, 5.74) is 3.66. The van der Waals surface area contributed by atoms with E-state index in [9.17, 15) is 9.50 Å². The second kappa shape index (κ2) is 5.85. The lowest BCUT2D eigenvalue weighted by Crippen LogP contribution is -2.18. The highest BCUT2D eigenvalue weighted by Crippen LogP contribution is 2.29. The van der Waals surface area contributed by atoms with Crippen molar-refractivity contribution < 1.29 is 9.50 Å². The van der Waals surface area contributed by atoms with Crippen LogP contribution in [0.1, 0.15) is 18.1 Å². The number of anilines is 2. The van der Waals surface area contributed by atoms with Crippen LogP contribution in [-0.2, 0) is 6.61 Å². The number of benzene rings is 2. The summed E-state index contributed by atoms with van der Waals surface area (Å²) in [6.07, 6.45) is 0. The van der Waals surface area contributed by atoms with E-state index >= 15 is 0 Å². The third-order valence-electron chi connectivity index (χ3n) is 3.13. The first kappa shape index (κ1) is 13.6. The molecule has 2 rings (SSSR count). The van der Waals surface area contributed by atoms with E-state index < -0.39 is 0 Å². The molecule has 0 radical (unpaired) electrons.